The molecular weight excluding hydrogens is 570 g/mol. The van der Waals surface area contributed by atoms with Gasteiger partial charge in [0, 0.05) is 0 Å². The minimum Gasteiger partial charge on any atom is -0.870 e. The van der Waals surface area contributed by atoms with Gasteiger partial charge in [-0.25, -0.2) is 8.42 Å². The van der Waals surface area contributed by atoms with Crippen molar-refractivity contribution in [1.82, 2.24) is 0 Å². The maximum Gasteiger partial charge on any atom is 2.00 e. The summed E-state index contributed by atoms with van der Waals surface area (Å²) in [6.07, 6.45) is 18.8. The molecule has 2 aromatic carbocycles. The van der Waals surface area contributed by atoms with E-state index in [1.165, 1.54) is 76.2 Å². The second-order valence-corrected chi connectivity index (χ2v) is 10.7. The third-order valence-electron chi connectivity index (χ3n) is 6.47. The number of aryl methyl sites for hydroxylation is 2. The Kier molecular flexibility index (Phi) is 19.4. The molecule has 0 fully saturated rings. The summed E-state index contributed by atoms with van der Waals surface area (Å²) < 4.78 is 35.9. The van der Waals surface area contributed by atoms with Crippen LogP contribution in [0.1, 0.15) is 115 Å². The summed E-state index contributed by atoms with van der Waals surface area (Å²) in [6.45, 7) is 4.45. The molecule has 0 unspecified atom stereocenters. The third kappa shape index (κ3) is 12.9. The standard InChI is InChI=1S/C28H44O3S.Ba.H2O/c1-3-5-7-9-11-13-15-17-24-19-20-25-22-26(18-16-14-12-10-8-6-4-2)28(32(29,30)31)23-27(25)21-24;;/h19-23H,3-18H2,1-2H3,(H,29,30,31);;1H2/q;+2;/p-2. The van der Waals surface area contributed by atoms with E-state index in [1.807, 2.05) is 6.07 Å². The molecular formula is C28H44BaO4S. The minimum absolute atomic E-state index is 0. The molecule has 1 N–H and O–H groups in total. The van der Waals surface area contributed by atoms with Crippen molar-refractivity contribution in [2.75, 3.05) is 0 Å². The molecule has 0 aliphatic carbocycles. The van der Waals surface area contributed by atoms with Crippen molar-refractivity contribution in [3.8, 4) is 0 Å². The molecule has 0 aliphatic rings. The summed E-state index contributed by atoms with van der Waals surface area (Å²) in [7, 11) is -4.47. The van der Waals surface area contributed by atoms with Gasteiger partial charge in [-0.05, 0) is 59.7 Å². The first kappa shape index (κ1) is 34.1. The van der Waals surface area contributed by atoms with Gasteiger partial charge in [0.2, 0.25) is 0 Å². The molecule has 4 nitrogen and oxygen atoms in total. The van der Waals surface area contributed by atoms with E-state index < -0.39 is 10.1 Å². The van der Waals surface area contributed by atoms with E-state index in [2.05, 4.69) is 32.0 Å². The van der Waals surface area contributed by atoms with Gasteiger partial charge in [0.1, 0.15) is 10.1 Å². The number of benzene rings is 2. The number of fused-ring (bicyclic) bond motifs is 1. The Balaban J connectivity index is 0.00000544. The molecule has 0 saturated heterocycles. The van der Waals surface area contributed by atoms with Gasteiger partial charge in [0.05, 0.1) is 4.90 Å². The van der Waals surface area contributed by atoms with Gasteiger partial charge in [-0.1, -0.05) is 109 Å². The Morgan fingerprint density at radius 2 is 1.15 bits per heavy atom. The molecule has 0 amide bonds. The van der Waals surface area contributed by atoms with Gasteiger partial charge in [0.25, 0.3) is 0 Å². The Morgan fingerprint density at radius 1 is 0.647 bits per heavy atom. The van der Waals surface area contributed by atoms with Crippen LogP contribution >= 0.6 is 0 Å². The minimum atomic E-state index is -4.47. The van der Waals surface area contributed by atoms with E-state index in [-0.39, 0.29) is 59.3 Å². The van der Waals surface area contributed by atoms with Crippen LogP contribution in [0.15, 0.2) is 35.2 Å². The molecule has 6 heteroatoms. The van der Waals surface area contributed by atoms with Crippen LogP contribution in [-0.4, -0.2) is 67.3 Å². The fraction of sp³-hybridized carbons (Fsp3) is 0.643. The second kappa shape index (κ2) is 19.3. The van der Waals surface area contributed by atoms with E-state index in [0.29, 0.717) is 12.0 Å². The molecule has 0 atom stereocenters. The zero-order valence-electron chi connectivity index (χ0n) is 21.5. The zero-order chi connectivity index (χ0) is 23.2. The number of hydrogen-bond donors (Lipinski definition) is 0. The number of hydrogen-bond acceptors (Lipinski definition) is 4. The van der Waals surface area contributed by atoms with E-state index in [4.69, 9.17) is 0 Å². The van der Waals surface area contributed by atoms with E-state index in [0.717, 1.165) is 36.5 Å². The Labute approximate surface area is 248 Å². The van der Waals surface area contributed by atoms with Gasteiger partial charge >= 0.3 is 48.9 Å². The SMILES string of the molecule is CCCCCCCCCc1ccc2cc(CCCCCCCCC)c(S(=O)(=O)[O-])cc2c1.[Ba+2].[OH-]. The van der Waals surface area contributed by atoms with Crippen molar-refractivity contribution in [2.24, 2.45) is 0 Å². The van der Waals surface area contributed by atoms with Crippen molar-refractivity contribution >= 4 is 69.8 Å². The third-order valence-corrected chi connectivity index (χ3v) is 7.39. The predicted molar refractivity (Wildman–Crippen MR) is 143 cm³/mol. The summed E-state index contributed by atoms with van der Waals surface area (Å²) in [6, 6.07) is 9.85. The van der Waals surface area contributed by atoms with Gasteiger partial charge in [-0.15, -0.1) is 0 Å². The van der Waals surface area contributed by atoms with Crippen molar-refractivity contribution < 1.29 is 18.4 Å². The monoisotopic (exact) mass is 614 g/mol. The molecule has 2 rings (SSSR count). The second-order valence-electron chi connectivity index (χ2n) is 9.34. The van der Waals surface area contributed by atoms with Crippen LogP contribution in [0.2, 0.25) is 0 Å². The Hall–Kier alpha value is 0.141. The van der Waals surface area contributed by atoms with Crippen LogP contribution in [0, 0.1) is 0 Å². The summed E-state index contributed by atoms with van der Waals surface area (Å²) >= 11 is 0. The first-order valence-electron chi connectivity index (χ1n) is 13.0. The smallest absolute Gasteiger partial charge is 0.870 e. The van der Waals surface area contributed by atoms with Crippen LogP contribution in [0.5, 0.6) is 0 Å². The largest absolute Gasteiger partial charge is 2.00 e. The number of rotatable bonds is 17. The molecule has 2 aromatic rings. The molecule has 0 radical (unpaired) electrons. The molecule has 0 spiro atoms. The Morgan fingerprint density at radius 3 is 1.68 bits per heavy atom. The summed E-state index contributed by atoms with van der Waals surface area (Å²) in [5, 5.41) is 1.89. The molecule has 0 aromatic heterocycles. The zero-order valence-corrected chi connectivity index (χ0v) is 26.7. The predicted octanol–water partition coefficient (Wildman–Crippen LogP) is 7.77. The van der Waals surface area contributed by atoms with Crippen molar-refractivity contribution in [2.45, 2.75) is 121 Å². The topological polar surface area (TPSA) is 87.2 Å². The van der Waals surface area contributed by atoms with Crippen LogP contribution < -0.4 is 0 Å². The van der Waals surface area contributed by atoms with Gasteiger partial charge in [-0.2, -0.15) is 0 Å². The summed E-state index contributed by atoms with van der Waals surface area (Å²) in [5.41, 5.74) is 1.90. The van der Waals surface area contributed by atoms with E-state index in [9.17, 15) is 13.0 Å². The van der Waals surface area contributed by atoms with E-state index >= 15 is 0 Å². The first-order chi connectivity index (χ1) is 15.5. The molecule has 0 aliphatic heterocycles. The van der Waals surface area contributed by atoms with Gasteiger partial charge in [0.15, 0.2) is 0 Å². The van der Waals surface area contributed by atoms with Crippen LogP contribution in [0.25, 0.3) is 10.8 Å². The fourth-order valence-corrected chi connectivity index (χ4v) is 5.27. The maximum atomic E-state index is 12.0. The van der Waals surface area contributed by atoms with E-state index in [1.54, 1.807) is 6.07 Å². The molecule has 0 bridgehead atoms. The van der Waals surface area contributed by atoms with Crippen molar-refractivity contribution in [3.05, 3.63) is 41.5 Å². The summed E-state index contributed by atoms with van der Waals surface area (Å²) in [4.78, 5) is -0.0240. The average Bonchev–Trinajstić information content (AvgIpc) is 2.76. The van der Waals surface area contributed by atoms with Crippen LogP contribution in [-0.2, 0) is 23.0 Å². The van der Waals surface area contributed by atoms with Crippen molar-refractivity contribution in [1.29, 1.82) is 0 Å². The molecule has 0 heterocycles. The Bertz CT molecular complexity index is 912. The molecule has 34 heavy (non-hydrogen) atoms. The summed E-state index contributed by atoms with van der Waals surface area (Å²) in [5.74, 6) is 0. The first-order valence-corrected chi connectivity index (χ1v) is 14.4. The molecule has 0 saturated carbocycles. The average molecular weight is 614 g/mol. The molecule has 188 valence electrons. The fourth-order valence-electron chi connectivity index (χ4n) is 4.52. The number of unbranched alkanes of at least 4 members (excludes halogenated alkanes) is 12. The van der Waals surface area contributed by atoms with Crippen LogP contribution in [0.4, 0.5) is 0 Å². The maximum absolute atomic E-state index is 12.0. The van der Waals surface area contributed by atoms with Crippen LogP contribution in [0.3, 0.4) is 0 Å². The van der Waals surface area contributed by atoms with Crippen molar-refractivity contribution in [3.63, 3.8) is 0 Å². The normalized spacial score (nSPS) is 11.3. The van der Waals surface area contributed by atoms with Gasteiger partial charge in [-0.3, -0.25) is 0 Å². The van der Waals surface area contributed by atoms with Gasteiger partial charge < -0.3 is 10.0 Å². The quantitative estimate of drug-likeness (QED) is 0.104.